The van der Waals surface area contributed by atoms with E-state index in [9.17, 15) is 14.7 Å². The SMILES string of the molecule is O=C(O)c1cc(=O)c2cccc([O-])c2[nH]1. The van der Waals surface area contributed by atoms with Crippen LogP contribution in [-0.4, -0.2) is 16.1 Å². The van der Waals surface area contributed by atoms with E-state index in [-0.39, 0.29) is 16.6 Å². The number of carboxylic acid groups (broad SMARTS) is 1. The molecule has 0 aliphatic heterocycles. The monoisotopic (exact) mass is 204 g/mol. The molecule has 0 aliphatic carbocycles. The molecule has 0 bridgehead atoms. The maximum Gasteiger partial charge on any atom is 0.352 e. The van der Waals surface area contributed by atoms with Crippen LogP contribution in [0, 0.1) is 0 Å². The summed E-state index contributed by atoms with van der Waals surface area (Å²) in [5.41, 5.74) is -0.725. The fourth-order valence-electron chi connectivity index (χ4n) is 1.36. The van der Waals surface area contributed by atoms with E-state index in [4.69, 9.17) is 5.11 Å². The van der Waals surface area contributed by atoms with Crippen LogP contribution in [0.3, 0.4) is 0 Å². The minimum Gasteiger partial charge on any atom is -0.871 e. The zero-order chi connectivity index (χ0) is 11.0. The summed E-state index contributed by atoms with van der Waals surface area (Å²) in [4.78, 5) is 24.5. The number of nitrogens with one attached hydrogen (secondary N) is 1. The van der Waals surface area contributed by atoms with Crippen molar-refractivity contribution in [2.75, 3.05) is 0 Å². The van der Waals surface area contributed by atoms with Gasteiger partial charge in [-0.15, -0.1) is 0 Å². The van der Waals surface area contributed by atoms with Gasteiger partial charge in [-0.05, 0) is 6.07 Å². The Morgan fingerprint density at radius 3 is 2.80 bits per heavy atom. The fraction of sp³-hybridized carbons (Fsp3) is 0. The van der Waals surface area contributed by atoms with Crippen molar-refractivity contribution in [3.8, 4) is 5.75 Å². The number of fused-ring (bicyclic) bond motifs is 1. The van der Waals surface area contributed by atoms with Crippen LogP contribution in [0.15, 0.2) is 29.1 Å². The lowest BCUT2D eigenvalue weighted by Gasteiger charge is -2.09. The van der Waals surface area contributed by atoms with E-state index in [0.29, 0.717) is 0 Å². The Bertz CT molecular complexity index is 600. The first-order chi connectivity index (χ1) is 7.09. The summed E-state index contributed by atoms with van der Waals surface area (Å²) in [7, 11) is 0. The molecular weight excluding hydrogens is 198 g/mol. The summed E-state index contributed by atoms with van der Waals surface area (Å²) in [6, 6.07) is 5.16. The van der Waals surface area contributed by atoms with Gasteiger partial charge in [-0.2, -0.15) is 0 Å². The quantitative estimate of drug-likeness (QED) is 0.698. The highest BCUT2D eigenvalue weighted by atomic mass is 16.4. The van der Waals surface area contributed by atoms with Crippen LogP contribution < -0.4 is 10.5 Å². The molecule has 2 rings (SSSR count). The first-order valence-corrected chi connectivity index (χ1v) is 4.16. The zero-order valence-corrected chi connectivity index (χ0v) is 7.48. The molecule has 1 heterocycles. The lowest BCUT2D eigenvalue weighted by Crippen LogP contribution is -2.10. The number of carboxylic acids is 1. The summed E-state index contributed by atoms with van der Waals surface area (Å²) in [6.07, 6.45) is 0. The third kappa shape index (κ3) is 1.43. The van der Waals surface area contributed by atoms with Gasteiger partial charge in [-0.1, -0.05) is 17.9 Å². The van der Waals surface area contributed by atoms with Crippen molar-refractivity contribution in [2.45, 2.75) is 0 Å². The maximum atomic E-state index is 11.4. The molecule has 0 radical (unpaired) electrons. The number of H-pyrrole nitrogens is 1. The molecule has 5 nitrogen and oxygen atoms in total. The number of para-hydroxylation sites is 1. The molecule has 76 valence electrons. The summed E-state index contributed by atoms with van der Waals surface area (Å²) in [5.74, 6) is -1.66. The van der Waals surface area contributed by atoms with Crippen LogP contribution in [0.25, 0.3) is 10.9 Å². The van der Waals surface area contributed by atoms with E-state index in [1.165, 1.54) is 18.2 Å². The van der Waals surface area contributed by atoms with Gasteiger partial charge in [0.05, 0.1) is 0 Å². The number of aromatic nitrogens is 1. The molecular formula is C10H6NO4-. The zero-order valence-electron chi connectivity index (χ0n) is 7.48. The lowest BCUT2D eigenvalue weighted by molar-refractivity contribution is -0.266. The Morgan fingerprint density at radius 1 is 1.40 bits per heavy atom. The Morgan fingerprint density at radius 2 is 2.13 bits per heavy atom. The Hall–Kier alpha value is -2.30. The number of benzene rings is 1. The van der Waals surface area contributed by atoms with Crippen molar-refractivity contribution in [3.05, 3.63) is 40.2 Å². The number of aromatic amines is 1. The largest absolute Gasteiger partial charge is 0.871 e. The van der Waals surface area contributed by atoms with Gasteiger partial charge in [0.25, 0.3) is 0 Å². The topological polar surface area (TPSA) is 93.2 Å². The molecule has 0 amide bonds. The predicted octanol–water partition coefficient (Wildman–Crippen LogP) is 0.300. The molecule has 0 spiro atoms. The van der Waals surface area contributed by atoms with Crippen LogP contribution in [-0.2, 0) is 0 Å². The number of aromatic carboxylic acids is 1. The Labute approximate surface area is 83.6 Å². The molecule has 2 aromatic rings. The van der Waals surface area contributed by atoms with Gasteiger partial charge in [0.15, 0.2) is 5.43 Å². The molecule has 0 saturated heterocycles. The van der Waals surface area contributed by atoms with Crippen molar-refractivity contribution in [3.63, 3.8) is 0 Å². The van der Waals surface area contributed by atoms with E-state index in [1.807, 2.05) is 0 Å². The molecule has 0 fully saturated rings. The van der Waals surface area contributed by atoms with E-state index >= 15 is 0 Å². The summed E-state index contributed by atoms with van der Waals surface area (Å²) < 4.78 is 0. The first-order valence-electron chi connectivity index (χ1n) is 4.16. The molecule has 2 N–H and O–H groups in total. The molecule has 0 atom stereocenters. The number of hydrogen-bond acceptors (Lipinski definition) is 3. The Balaban J connectivity index is 2.92. The van der Waals surface area contributed by atoms with Crippen molar-refractivity contribution in [2.24, 2.45) is 0 Å². The first kappa shape index (κ1) is 9.26. The van der Waals surface area contributed by atoms with Crippen LogP contribution in [0.4, 0.5) is 0 Å². The third-order valence-electron chi connectivity index (χ3n) is 2.06. The Kier molecular flexibility index (Phi) is 1.93. The highest BCUT2D eigenvalue weighted by Gasteiger charge is 2.07. The average Bonchev–Trinajstić information content (AvgIpc) is 2.19. The number of carbonyl (C=O) groups is 1. The second-order valence-electron chi connectivity index (χ2n) is 3.03. The summed E-state index contributed by atoms with van der Waals surface area (Å²) in [6.45, 7) is 0. The van der Waals surface area contributed by atoms with Crippen LogP contribution in [0.5, 0.6) is 5.75 Å². The van der Waals surface area contributed by atoms with Crippen LogP contribution in [0.1, 0.15) is 10.5 Å². The number of pyridine rings is 1. The summed E-state index contributed by atoms with van der Waals surface area (Å²) >= 11 is 0. The fourth-order valence-corrected chi connectivity index (χ4v) is 1.36. The molecule has 0 saturated carbocycles. The van der Waals surface area contributed by atoms with E-state index in [0.717, 1.165) is 6.07 Å². The van der Waals surface area contributed by atoms with E-state index < -0.39 is 17.1 Å². The predicted molar refractivity (Wildman–Crippen MR) is 51.0 cm³/mol. The van der Waals surface area contributed by atoms with Crippen molar-refractivity contribution < 1.29 is 15.0 Å². The van der Waals surface area contributed by atoms with Crippen molar-refractivity contribution >= 4 is 16.9 Å². The van der Waals surface area contributed by atoms with Gasteiger partial charge in [0.1, 0.15) is 5.69 Å². The van der Waals surface area contributed by atoms with Crippen molar-refractivity contribution in [1.82, 2.24) is 4.98 Å². The van der Waals surface area contributed by atoms with Crippen molar-refractivity contribution in [1.29, 1.82) is 0 Å². The number of hydrogen-bond donors (Lipinski definition) is 2. The van der Waals surface area contributed by atoms with E-state index in [1.54, 1.807) is 0 Å². The molecule has 0 aliphatic rings. The van der Waals surface area contributed by atoms with Gasteiger partial charge in [-0.3, -0.25) is 4.79 Å². The normalized spacial score (nSPS) is 10.4. The minimum absolute atomic E-state index is 0.0300. The lowest BCUT2D eigenvalue weighted by atomic mass is 10.2. The minimum atomic E-state index is -1.27. The highest BCUT2D eigenvalue weighted by molar-refractivity contribution is 5.91. The molecule has 1 aromatic carbocycles. The number of rotatable bonds is 1. The van der Waals surface area contributed by atoms with E-state index in [2.05, 4.69) is 4.98 Å². The van der Waals surface area contributed by atoms with Crippen LogP contribution >= 0.6 is 0 Å². The second-order valence-corrected chi connectivity index (χ2v) is 3.03. The van der Waals surface area contributed by atoms with Gasteiger partial charge in [-0.25, -0.2) is 4.79 Å². The van der Waals surface area contributed by atoms with Gasteiger partial charge < -0.3 is 15.2 Å². The highest BCUT2D eigenvalue weighted by Crippen LogP contribution is 2.16. The molecule has 5 heteroatoms. The van der Waals surface area contributed by atoms with Gasteiger partial charge >= 0.3 is 5.97 Å². The second kappa shape index (κ2) is 3.13. The molecule has 0 unspecified atom stereocenters. The standard InChI is InChI=1S/C10H7NO4/c12-7-3-1-2-5-8(13)4-6(10(14)15)11-9(5)7/h1-4,12H,(H,11,13)(H,14,15)/p-1. The van der Waals surface area contributed by atoms with Gasteiger partial charge in [0, 0.05) is 17.0 Å². The van der Waals surface area contributed by atoms with Crippen LogP contribution in [0.2, 0.25) is 0 Å². The molecule has 15 heavy (non-hydrogen) atoms. The molecule has 1 aromatic heterocycles. The maximum absolute atomic E-state index is 11.4. The average molecular weight is 204 g/mol. The smallest absolute Gasteiger partial charge is 0.352 e. The third-order valence-corrected chi connectivity index (χ3v) is 2.06. The summed E-state index contributed by atoms with van der Waals surface area (Å²) in [5, 5.41) is 20.2. The van der Waals surface area contributed by atoms with Gasteiger partial charge in [0.2, 0.25) is 0 Å².